The predicted molar refractivity (Wildman–Crippen MR) is 115 cm³/mol. The third-order valence-electron chi connectivity index (χ3n) is 4.85. The van der Waals surface area contributed by atoms with Crippen LogP contribution in [0.4, 0.5) is 0 Å². The Balaban J connectivity index is 1.70. The highest BCUT2D eigenvalue weighted by Crippen LogP contribution is 2.14. The standard InChI is InChI=1S/C22H38N4O/c1-5-15-27-21-8-6-7-19(16-21)9-12-24-22(23-4)25-20-10-13-26(14-11-20)17-18(2)3/h6-8,16,18,20H,5,9-15,17H2,1-4H3,(H2,23,24,25). The first kappa shape index (κ1) is 21.5. The van der Waals surface area contributed by atoms with Gasteiger partial charge in [-0.1, -0.05) is 32.9 Å². The van der Waals surface area contributed by atoms with E-state index in [1.807, 2.05) is 13.1 Å². The van der Waals surface area contributed by atoms with Crippen molar-refractivity contribution >= 4 is 5.96 Å². The lowest BCUT2D eigenvalue weighted by Gasteiger charge is -2.34. The SMILES string of the molecule is CCCOc1cccc(CCNC(=NC)NC2CCN(CC(C)C)CC2)c1. The van der Waals surface area contributed by atoms with Gasteiger partial charge in [-0.15, -0.1) is 0 Å². The summed E-state index contributed by atoms with van der Waals surface area (Å²) in [4.78, 5) is 6.97. The molecule has 1 aliphatic rings. The Morgan fingerprint density at radius 2 is 2.07 bits per heavy atom. The number of likely N-dealkylation sites (tertiary alicyclic amines) is 1. The molecule has 1 fully saturated rings. The summed E-state index contributed by atoms with van der Waals surface area (Å²) in [5.74, 6) is 2.62. The smallest absolute Gasteiger partial charge is 0.191 e. The average molecular weight is 375 g/mol. The number of hydrogen-bond donors (Lipinski definition) is 2. The molecule has 152 valence electrons. The summed E-state index contributed by atoms with van der Waals surface area (Å²) in [6.07, 6.45) is 4.36. The van der Waals surface area contributed by atoms with Gasteiger partial charge in [0.1, 0.15) is 5.75 Å². The van der Waals surface area contributed by atoms with Crippen molar-refractivity contribution in [1.29, 1.82) is 0 Å². The predicted octanol–water partition coefficient (Wildman–Crippen LogP) is 3.30. The molecule has 0 aromatic heterocycles. The molecule has 0 unspecified atom stereocenters. The number of benzene rings is 1. The number of nitrogens with zero attached hydrogens (tertiary/aromatic N) is 2. The summed E-state index contributed by atoms with van der Waals surface area (Å²) in [6.45, 7) is 11.9. The van der Waals surface area contributed by atoms with E-state index in [-0.39, 0.29) is 0 Å². The quantitative estimate of drug-likeness (QED) is 0.514. The minimum absolute atomic E-state index is 0.519. The van der Waals surface area contributed by atoms with Crippen LogP contribution in [0.1, 0.15) is 45.6 Å². The molecule has 5 heteroatoms. The molecule has 0 saturated carbocycles. The van der Waals surface area contributed by atoms with Gasteiger partial charge < -0.3 is 20.3 Å². The Morgan fingerprint density at radius 3 is 2.74 bits per heavy atom. The van der Waals surface area contributed by atoms with Crippen LogP contribution < -0.4 is 15.4 Å². The Kier molecular flexibility index (Phi) is 9.46. The highest BCUT2D eigenvalue weighted by Gasteiger charge is 2.20. The maximum Gasteiger partial charge on any atom is 0.191 e. The zero-order valence-corrected chi connectivity index (χ0v) is 17.6. The van der Waals surface area contributed by atoms with Gasteiger partial charge in [-0.3, -0.25) is 4.99 Å². The number of guanidine groups is 1. The van der Waals surface area contributed by atoms with Gasteiger partial charge in [0.25, 0.3) is 0 Å². The molecular formula is C22H38N4O. The molecule has 0 aliphatic carbocycles. The Morgan fingerprint density at radius 1 is 1.30 bits per heavy atom. The zero-order chi connectivity index (χ0) is 19.5. The van der Waals surface area contributed by atoms with Crippen molar-refractivity contribution in [2.24, 2.45) is 10.9 Å². The second kappa shape index (κ2) is 11.9. The van der Waals surface area contributed by atoms with Crippen molar-refractivity contribution in [3.05, 3.63) is 29.8 Å². The second-order valence-electron chi connectivity index (χ2n) is 7.86. The normalized spacial score (nSPS) is 16.6. The monoisotopic (exact) mass is 374 g/mol. The highest BCUT2D eigenvalue weighted by atomic mass is 16.5. The van der Waals surface area contributed by atoms with Gasteiger partial charge in [0.2, 0.25) is 0 Å². The Bertz CT molecular complexity index is 565. The van der Waals surface area contributed by atoms with Crippen molar-refractivity contribution in [2.45, 2.75) is 52.5 Å². The second-order valence-corrected chi connectivity index (χ2v) is 7.86. The van der Waals surface area contributed by atoms with Crippen LogP contribution in [0.15, 0.2) is 29.3 Å². The molecule has 27 heavy (non-hydrogen) atoms. The lowest BCUT2D eigenvalue weighted by Crippen LogP contribution is -2.49. The van der Waals surface area contributed by atoms with E-state index in [1.54, 1.807) is 0 Å². The summed E-state index contributed by atoms with van der Waals surface area (Å²) in [7, 11) is 1.85. The van der Waals surface area contributed by atoms with Crippen LogP contribution >= 0.6 is 0 Å². The highest BCUT2D eigenvalue weighted by molar-refractivity contribution is 5.79. The van der Waals surface area contributed by atoms with Crippen LogP contribution in [0.3, 0.4) is 0 Å². The molecule has 1 aromatic carbocycles. The molecule has 0 spiro atoms. The maximum absolute atomic E-state index is 5.72. The number of rotatable bonds is 9. The number of nitrogens with one attached hydrogen (secondary N) is 2. The molecule has 0 amide bonds. The molecule has 1 saturated heterocycles. The van der Waals surface area contributed by atoms with E-state index in [2.05, 4.69) is 59.5 Å². The molecule has 0 atom stereocenters. The van der Waals surface area contributed by atoms with Gasteiger partial charge in [0.05, 0.1) is 6.61 Å². The van der Waals surface area contributed by atoms with E-state index >= 15 is 0 Å². The third kappa shape index (κ3) is 8.21. The fourth-order valence-corrected chi connectivity index (χ4v) is 3.50. The van der Waals surface area contributed by atoms with Gasteiger partial charge in [-0.05, 0) is 49.3 Å². The van der Waals surface area contributed by atoms with Crippen LogP contribution in [-0.2, 0) is 6.42 Å². The summed E-state index contributed by atoms with van der Waals surface area (Å²) in [6, 6.07) is 8.90. The molecule has 1 aliphatic heterocycles. The minimum Gasteiger partial charge on any atom is -0.494 e. The molecule has 2 N–H and O–H groups in total. The lowest BCUT2D eigenvalue weighted by molar-refractivity contribution is 0.187. The van der Waals surface area contributed by atoms with E-state index in [1.165, 1.54) is 38.0 Å². The number of piperidine rings is 1. The summed E-state index contributed by atoms with van der Waals surface area (Å²) in [5.41, 5.74) is 1.29. The van der Waals surface area contributed by atoms with Gasteiger partial charge in [-0.2, -0.15) is 0 Å². The van der Waals surface area contributed by atoms with E-state index < -0.39 is 0 Å². The van der Waals surface area contributed by atoms with Crippen molar-refractivity contribution < 1.29 is 4.74 Å². The van der Waals surface area contributed by atoms with Crippen molar-refractivity contribution in [2.75, 3.05) is 39.8 Å². The van der Waals surface area contributed by atoms with E-state index in [9.17, 15) is 0 Å². The van der Waals surface area contributed by atoms with Gasteiger partial charge in [0.15, 0.2) is 5.96 Å². The first-order chi connectivity index (χ1) is 13.1. The van der Waals surface area contributed by atoms with Crippen LogP contribution in [0.5, 0.6) is 5.75 Å². The number of hydrogen-bond acceptors (Lipinski definition) is 3. The molecule has 0 radical (unpaired) electrons. The number of aliphatic imine (C=N–C) groups is 1. The summed E-state index contributed by atoms with van der Waals surface area (Å²) < 4.78 is 5.72. The van der Waals surface area contributed by atoms with Crippen LogP contribution in [0.2, 0.25) is 0 Å². The van der Waals surface area contributed by atoms with Gasteiger partial charge >= 0.3 is 0 Å². The van der Waals surface area contributed by atoms with E-state index in [0.717, 1.165) is 43.6 Å². The summed E-state index contributed by atoms with van der Waals surface area (Å²) in [5, 5.41) is 7.05. The Labute approximate surface area is 165 Å². The minimum atomic E-state index is 0.519. The van der Waals surface area contributed by atoms with Crippen LogP contribution in [0, 0.1) is 5.92 Å². The third-order valence-corrected chi connectivity index (χ3v) is 4.85. The van der Waals surface area contributed by atoms with E-state index in [4.69, 9.17) is 4.74 Å². The van der Waals surface area contributed by atoms with Crippen LogP contribution in [-0.4, -0.2) is 56.7 Å². The molecule has 1 heterocycles. The summed E-state index contributed by atoms with van der Waals surface area (Å²) >= 11 is 0. The number of ether oxygens (including phenoxy) is 1. The Hall–Kier alpha value is -1.75. The van der Waals surface area contributed by atoms with E-state index in [0.29, 0.717) is 6.04 Å². The van der Waals surface area contributed by atoms with Gasteiger partial charge in [0, 0.05) is 39.3 Å². The average Bonchev–Trinajstić information content (AvgIpc) is 2.67. The van der Waals surface area contributed by atoms with Crippen LogP contribution in [0.25, 0.3) is 0 Å². The topological polar surface area (TPSA) is 48.9 Å². The first-order valence-electron chi connectivity index (χ1n) is 10.5. The molecule has 0 bridgehead atoms. The zero-order valence-electron chi connectivity index (χ0n) is 17.6. The molecule has 5 nitrogen and oxygen atoms in total. The van der Waals surface area contributed by atoms with Crippen molar-refractivity contribution in [3.63, 3.8) is 0 Å². The molecular weight excluding hydrogens is 336 g/mol. The molecule has 2 rings (SSSR count). The first-order valence-corrected chi connectivity index (χ1v) is 10.5. The largest absolute Gasteiger partial charge is 0.494 e. The van der Waals surface area contributed by atoms with Gasteiger partial charge in [-0.25, -0.2) is 0 Å². The maximum atomic E-state index is 5.72. The fraction of sp³-hybridized carbons (Fsp3) is 0.682. The fourth-order valence-electron chi connectivity index (χ4n) is 3.50. The van der Waals surface area contributed by atoms with Crippen molar-refractivity contribution in [3.8, 4) is 5.75 Å². The lowest BCUT2D eigenvalue weighted by atomic mass is 10.0. The van der Waals surface area contributed by atoms with Crippen molar-refractivity contribution in [1.82, 2.24) is 15.5 Å². The molecule has 1 aromatic rings.